The molecular weight excluding hydrogens is 364 g/mol. The molecule has 0 bridgehead atoms. The Morgan fingerprint density at radius 1 is 0.690 bits per heavy atom. The minimum Gasteiger partial charge on any atom is -0.480 e. The van der Waals surface area contributed by atoms with Gasteiger partial charge in [-0.05, 0) is 50.4 Å². The van der Waals surface area contributed by atoms with Gasteiger partial charge in [0.2, 0.25) is 0 Å². The molecule has 1 unspecified atom stereocenters. The summed E-state index contributed by atoms with van der Waals surface area (Å²) in [5, 5.41) is 19.4. The van der Waals surface area contributed by atoms with Crippen LogP contribution in [0.4, 0.5) is 0 Å². The molecule has 0 spiro atoms. The lowest BCUT2D eigenvalue weighted by Gasteiger charge is -2.42. The summed E-state index contributed by atoms with van der Waals surface area (Å²) in [6, 6.07) is 0. The highest BCUT2D eigenvalue weighted by Gasteiger charge is 2.57. The van der Waals surface area contributed by atoms with Crippen molar-refractivity contribution in [2.45, 2.75) is 124 Å². The van der Waals surface area contributed by atoms with E-state index in [-0.39, 0.29) is 6.42 Å². The smallest absolute Gasteiger partial charge is 0.321 e. The molecule has 0 aromatic heterocycles. The molecular formula is C25H46O4. The summed E-state index contributed by atoms with van der Waals surface area (Å²) in [6.07, 6.45) is 20.4. The molecule has 0 radical (unpaired) electrons. The molecule has 4 nitrogen and oxygen atoms in total. The zero-order valence-corrected chi connectivity index (χ0v) is 19.5. The number of carboxylic acids is 2. The van der Waals surface area contributed by atoms with Crippen molar-refractivity contribution in [1.29, 1.82) is 0 Å². The summed E-state index contributed by atoms with van der Waals surface area (Å²) in [6.45, 7) is 7.66. The van der Waals surface area contributed by atoms with E-state index in [4.69, 9.17) is 0 Å². The van der Waals surface area contributed by atoms with Gasteiger partial charge < -0.3 is 10.2 Å². The number of unbranched alkanes of at least 4 members (excludes halogenated alkanes) is 10. The van der Waals surface area contributed by atoms with Gasteiger partial charge in [0.15, 0.2) is 5.41 Å². The van der Waals surface area contributed by atoms with Crippen LogP contribution in [0.15, 0.2) is 12.2 Å². The van der Waals surface area contributed by atoms with E-state index in [1.54, 1.807) is 6.92 Å². The molecule has 4 heteroatoms. The van der Waals surface area contributed by atoms with Crippen molar-refractivity contribution in [3.05, 3.63) is 12.2 Å². The first-order valence-electron chi connectivity index (χ1n) is 11.9. The van der Waals surface area contributed by atoms with Crippen molar-refractivity contribution in [2.75, 3.05) is 0 Å². The Morgan fingerprint density at radius 2 is 1.14 bits per heavy atom. The topological polar surface area (TPSA) is 74.6 Å². The van der Waals surface area contributed by atoms with E-state index in [0.717, 1.165) is 32.1 Å². The minimum absolute atomic E-state index is 0.116. The third-order valence-corrected chi connectivity index (χ3v) is 6.81. The second-order valence-corrected chi connectivity index (χ2v) is 8.76. The fourth-order valence-corrected chi connectivity index (χ4v) is 4.44. The van der Waals surface area contributed by atoms with Crippen LogP contribution in [-0.4, -0.2) is 22.2 Å². The zero-order chi connectivity index (χ0) is 22.2. The average molecular weight is 411 g/mol. The van der Waals surface area contributed by atoms with Crippen LogP contribution >= 0.6 is 0 Å². The molecule has 0 aliphatic rings. The summed E-state index contributed by atoms with van der Waals surface area (Å²) in [5.41, 5.74) is -2.42. The van der Waals surface area contributed by atoms with Crippen molar-refractivity contribution in [3.63, 3.8) is 0 Å². The third kappa shape index (κ3) is 8.92. The SMILES string of the molecule is CCCCCCCCC=CCCCCCCC(C)(CC)C(CC)(C(=O)O)C(=O)O. The Morgan fingerprint density at radius 3 is 1.55 bits per heavy atom. The van der Waals surface area contributed by atoms with Crippen LogP contribution in [0, 0.1) is 10.8 Å². The van der Waals surface area contributed by atoms with Gasteiger partial charge in [-0.25, -0.2) is 0 Å². The molecule has 1 atom stereocenters. The maximum atomic E-state index is 11.9. The van der Waals surface area contributed by atoms with Gasteiger partial charge in [0.05, 0.1) is 0 Å². The minimum atomic E-state index is -1.69. The van der Waals surface area contributed by atoms with Gasteiger partial charge in [-0.15, -0.1) is 0 Å². The molecule has 29 heavy (non-hydrogen) atoms. The van der Waals surface area contributed by atoms with E-state index >= 15 is 0 Å². The largest absolute Gasteiger partial charge is 0.480 e. The average Bonchev–Trinajstić information content (AvgIpc) is 2.68. The van der Waals surface area contributed by atoms with Gasteiger partial charge in [-0.3, -0.25) is 9.59 Å². The first-order valence-corrected chi connectivity index (χ1v) is 11.9. The fourth-order valence-electron chi connectivity index (χ4n) is 4.44. The summed E-state index contributed by atoms with van der Waals surface area (Å²) in [5.74, 6) is -2.40. The van der Waals surface area contributed by atoms with Crippen LogP contribution < -0.4 is 0 Å². The number of hydrogen-bond donors (Lipinski definition) is 2. The molecule has 0 aromatic rings. The number of hydrogen-bond acceptors (Lipinski definition) is 2. The lowest BCUT2D eigenvalue weighted by Crippen LogP contribution is -2.51. The van der Waals surface area contributed by atoms with Crippen LogP contribution in [-0.2, 0) is 9.59 Å². The maximum absolute atomic E-state index is 11.9. The van der Waals surface area contributed by atoms with Gasteiger partial charge in [-0.1, -0.05) is 91.2 Å². The molecule has 170 valence electrons. The van der Waals surface area contributed by atoms with Gasteiger partial charge in [-0.2, -0.15) is 0 Å². The monoisotopic (exact) mass is 410 g/mol. The number of allylic oxidation sites excluding steroid dienone is 2. The molecule has 0 aliphatic carbocycles. The van der Waals surface area contributed by atoms with E-state index in [0.29, 0.717) is 12.8 Å². The Balaban J connectivity index is 4.12. The van der Waals surface area contributed by atoms with Gasteiger partial charge in [0.25, 0.3) is 0 Å². The van der Waals surface area contributed by atoms with Crippen molar-refractivity contribution in [1.82, 2.24) is 0 Å². The lowest BCUT2D eigenvalue weighted by molar-refractivity contribution is -0.177. The first kappa shape index (κ1) is 27.7. The van der Waals surface area contributed by atoms with E-state index in [9.17, 15) is 19.8 Å². The lowest BCUT2D eigenvalue weighted by atomic mass is 9.59. The third-order valence-electron chi connectivity index (χ3n) is 6.81. The van der Waals surface area contributed by atoms with Gasteiger partial charge >= 0.3 is 11.9 Å². The second kappa shape index (κ2) is 15.5. The highest BCUT2D eigenvalue weighted by molar-refractivity contribution is 5.99. The summed E-state index contributed by atoms with van der Waals surface area (Å²) >= 11 is 0. The molecule has 0 amide bonds. The van der Waals surface area contributed by atoms with Gasteiger partial charge in [0, 0.05) is 0 Å². The second-order valence-electron chi connectivity index (χ2n) is 8.76. The standard InChI is InChI=1S/C25H46O4/c1-5-8-9-10-11-12-13-14-15-16-17-18-19-20-21-24(4,6-2)25(7-3,22(26)27)23(28)29/h14-15H,5-13,16-21H2,1-4H3,(H,26,27)(H,28,29). The van der Waals surface area contributed by atoms with E-state index in [1.807, 2.05) is 13.8 Å². The van der Waals surface area contributed by atoms with Crippen molar-refractivity contribution in [2.24, 2.45) is 10.8 Å². The van der Waals surface area contributed by atoms with Crippen LogP contribution in [0.2, 0.25) is 0 Å². The van der Waals surface area contributed by atoms with Crippen LogP contribution in [0.3, 0.4) is 0 Å². The number of aliphatic carboxylic acids is 2. The summed E-state index contributed by atoms with van der Waals surface area (Å²) in [7, 11) is 0. The number of rotatable bonds is 19. The van der Waals surface area contributed by atoms with Crippen LogP contribution in [0.5, 0.6) is 0 Å². The van der Waals surface area contributed by atoms with Gasteiger partial charge in [0.1, 0.15) is 0 Å². The molecule has 0 saturated carbocycles. The van der Waals surface area contributed by atoms with E-state index in [2.05, 4.69) is 19.1 Å². The van der Waals surface area contributed by atoms with Crippen molar-refractivity contribution >= 4 is 11.9 Å². The maximum Gasteiger partial charge on any atom is 0.321 e. The Bertz CT molecular complexity index is 469. The highest BCUT2D eigenvalue weighted by atomic mass is 16.4. The zero-order valence-electron chi connectivity index (χ0n) is 19.5. The van der Waals surface area contributed by atoms with E-state index in [1.165, 1.54) is 44.9 Å². The first-order chi connectivity index (χ1) is 13.8. The van der Waals surface area contributed by atoms with Crippen molar-refractivity contribution in [3.8, 4) is 0 Å². The number of carbonyl (C=O) groups is 2. The molecule has 2 N–H and O–H groups in total. The molecule has 0 fully saturated rings. The normalized spacial score (nSPS) is 14.2. The molecule has 0 saturated heterocycles. The van der Waals surface area contributed by atoms with Crippen molar-refractivity contribution < 1.29 is 19.8 Å². The fraction of sp³-hybridized carbons (Fsp3) is 0.840. The molecule has 0 rings (SSSR count). The predicted octanol–water partition coefficient (Wildman–Crippen LogP) is 7.62. The molecule has 0 aromatic carbocycles. The highest BCUT2D eigenvalue weighted by Crippen LogP contribution is 2.49. The molecule has 0 aliphatic heterocycles. The Kier molecular flexibility index (Phi) is 14.8. The van der Waals surface area contributed by atoms with Crippen LogP contribution in [0.1, 0.15) is 124 Å². The summed E-state index contributed by atoms with van der Waals surface area (Å²) in [4.78, 5) is 23.7. The predicted molar refractivity (Wildman–Crippen MR) is 121 cm³/mol. The van der Waals surface area contributed by atoms with E-state index < -0.39 is 22.8 Å². The number of carboxylic acid groups (broad SMARTS) is 2. The molecule has 0 heterocycles. The van der Waals surface area contributed by atoms with Crippen LogP contribution in [0.25, 0.3) is 0 Å². The Hall–Kier alpha value is -1.32. The quantitative estimate of drug-likeness (QED) is 0.130. The summed E-state index contributed by atoms with van der Waals surface area (Å²) < 4.78 is 0. The Labute approximate surface area is 179 Å².